The van der Waals surface area contributed by atoms with Crippen LogP contribution in [0.2, 0.25) is 0 Å². The molecule has 1 aliphatic rings. The highest BCUT2D eigenvalue weighted by Gasteiger charge is 2.37. The summed E-state index contributed by atoms with van der Waals surface area (Å²) in [6.45, 7) is 4.61. The zero-order chi connectivity index (χ0) is 46.3. The van der Waals surface area contributed by atoms with E-state index in [-0.39, 0.29) is 5.41 Å². The number of hydrogen-bond acceptors (Lipinski definition) is 5. The Labute approximate surface area is 402 Å². The lowest BCUT2D eigenvalue weighted by molar-refractivity contribution is 0.660. The van der Waals surface area contributed by atoms with Gasteiger partial charge < -0.3 is 0 Å². The molecule has 0 atom stereocenters. The number of rotatable bonds is 9. The van der Waals surface area contributed by atoms with E-state index in [2.05, 4.69) is 220 Å². The lowest BCUT2D eigenvalue weighted by Gasteiger charge is -2.21. The summed E-state index contributed by atoms with van der Waals surface area (Å²) in [5, 5.41) is 0. The highest BCUT2D eigenvalue weighted by molar-refractivity contribution is 5.91. The number of benzene rings is 9. The minimum absolute atomic E-state index is 0.166. The highest BCUT2D eigenvalue weighted by atomic mass is 15.0. The normalized spacial score (nSPS) is 12.3. The van der Waals surface area contributed by atoms with Gasteiger partial charge in [-0.25, -0.2) is 24.9 Å². The standard InChI is InChI=1S/C64H45N5/c1-64(2)55-32-13-12-30-53(55)59-54(31-17-33-56(59)64)63-68-61(46-36-34-44(35-37-46)42-18-6-3-7-19-42)67-62(69-63)52-29-16-26-49(40-52)48-25-15-28-51(39-48)58-41-57(65-60(66-58)45-22-10-5-11-23-45)50-27-14-24-47(38-50)43-20-8-4-9-21-43/h3-41H,1-2H3. The van der Waals surface area contributed by atoms with Crippen LogP contribution in [0.1, 0.15) is 25.0 Å². The van der Waals surface area contributed by atoms with E-state index >= 15 is 0 Å². The summed E-state index contributed by atoms with van der Waals surface area (Å²) in [7, 11) is 0. The van der Waals surface area contributed by atoms with E-state index in [1.54, 1.807) is 0 Å². The average Bonchev–Trinajstić information content (AvgIpc) is 3.67. The first kappa shape index (κ1) is 41.5. The molecule has 0 N–H and O–H groups in total. The van der Waals surface area contributed by atoms with Crippen molar-refractivity contribution in [1.82, 2.24) is 24.9 Å². The second-order valence-electron chi connectivity index (χ2n) is 18.1. The van der Waals surface area contributed by atoms with E-state index in [9.17, 15) is 0 Å². The predicted octanol–water partition coefficient (Wildman–Crippen LogP) is 16.0. The van der Waals surface area contributed by atoms with Crippen LogP contribution >= 0.6 is 0 Å². The monoisotopic (exact) mass is 883 g/mol. The molecule has 0 saturated heterocycles. The summed E-state index contributed by atoms with van der Waals surface area (Å²) in [6, 6.07) is 82.7. The first-order chi connectivity index (χ1) is 33.9. The average molecular weight is 884 g/mol. The van der Waals surface area contributed by atoms with E-state index in [0.717, 1.165) is 78.1 Å². The van der Waals surface area contributed by atoms with Gasteiger partial charge in [-0.2, -0.15) is 0 Å². The summed E-state index contributed by atoms with van der Waals surface area (Å²) in [5.41, 5.74) is 19.0. The van der Waals surface area contributed by atoms with Crippen LogP contribution in [0.5, 0.6) is 0 Å². The fourth-order valence-corrected chi connectivity index (χ4v) is 9.78. The SMILES string of the molecule is CC1(C)c2ccccc2-c2c(-c3nc(-c4ccc(-c5ccccc5)cc4)nc(-c4cccc(-c5cccc(-c6cc(-c7cccc(-c8ccccc8)c7)nc(-c7ccccc7)n6)c5)c4)n3)cccc21. The van der Waals surface area contributed by atoms with Crippen LogP contribution < -0.4 is 0 Å². The summed E-state index contributed by atoms with van der Waals surface area (Å²) < 4.78 is 0. The highest BCUT2D eigenvalue weighted by Crippen LogP contribution is 2.51. The van der Waals surface area contributed by atoms with Gasteiger partial charge in [0.25, 0.3) is 0 Å². The van der Waals surface area contributed by atoms with Gasteiger partial charge in [0.1, 0.15) is 0 Å². The van der Waals surface area contributed by atoms with Crippen molar-refractivity contribution in [2.24, 2.45) is 0 Å². The first-order valence-electron chi connectivity index (χ1n) is 23.4. The summed E-state index contributed by atoms with van der Waals surface area (Å²) in [6.07, 6.45) is 0. The van der Waals surface area contributed by atoms with Crippen molar-refractivity contribution in [3.8, 4) is 113 Å². The lowest BCUT2D eigenvalue weighted by Crippen LogP contribution is -2.14. The van der Waals surface area contributed by atoms with Crippen LogP contribution in [0.3, 0.4) is 0 Å². The van der Waals surface area contributed by atoms with E-state index in [1.165, 1.54) is 22.3 Å². The third-order valence-electron chi connectivity index (χ3n) is 13.4. The fraction of sp³-hybridized carbons (Fsp3) is 0.0469. The van der Waals surface area contributed by atoms with E-state index in [1.807, 2.05) is 30.3 Å². The maximum absolute atomic E-state index is 5.33. The van der Waals surface area contributed by atoms with Crippen LogP contribution in [0.15, 0.2) is 237 Å². The Morgan fingerprint density at radius 3 is 1.23 bits per heavy atom. The van der Waals surface area contributed by atoms with Crippen molar-refractivity contribution in [3.05, 3.63) is 248 Å². The molecule has 1 aliphatic carbocycles. The Kier molecular flexibility index (Phi) is 10.4. The van der Waals surface area contributed by atoms with Crippen molar-refractivity contribution in [1.29, 1.82) is 0 Å². The smallest absolute Gasteiger partial charge is 0.164 e. The van der Waals surface area contributed by atoms with Gasteiger partial charge in [0.05, 0.1) is 11.4 Å². The van der Waals surface area contributed by atoms with Crippen LogP contribution in [-0.2, 0) is 5.41 Å². The summed E-state index contributed by atoms with van der Waals surface area (Å²) in [4.78, 5) is 26.2. The van der Waals surface area contributed by atoms with E-state index in [0.29, 0.717) is 23.3 Å². The van der Waals surface area contributed by atoms with Gasteiger partial charge in [-0.15, -0.1) is 0 Å². The Balaban J connectivity index is 0.960. The largest absolute Gasteiger partial charge is 0.228 e. The molecule has 2 heterocycles. The molecule has 326 valence electrons. The number of fused-ring (bicyclic) bond motifs is 3. The molecule has 0 radical (unpaired) electrons. The van der Waals surface area contributed by atoms with Gasteiger partial charge in [0.15, 0.2) is 23.3 Å². The third kappa shape index (κ3) is 7.90. The maximum atomic E-state index is 5.33. The molecular weight excluding hydrogens is 839 g/mol. The molecule has 0 fully saturated rings. The Morgan fingerprint density at radius 2 is 0.609 bits per heavy atom. The predicted molar refractivity (Wildman–Crippen MR) is 282 cm³/mol. The Morgan fingerprint density at radius 1 is 0.246 bits per heavy atom. The van der Waals surface area contributed by atoms with E-state index in [4.69, 9.17) is 24.9 Å². The summed E-state index contributed by atoms with van der Waals surface area (Å²) >= 11 is 0. The first-order valence-corrected chi connectivity index (χ1v) is 23.4. The van der Waals surface area contributed by atoms with Crippen LogP contribution in [0.4, 0.5) is 0 Å². The third-order valence-corrected chi connectivity index (χ3v) is 13.4. The molecule has 12 rings (SSSR count). The van der Waals surface area contributed by atoms with Gasteiger partial charge in [-0.3, -0.25) is 0 Å². The second kappa shape index (κ2) is 17.4. The van der Waals surface area contributed by atoms with Crippen molar-refractivity contribution in [3.63, 3.8) is 0 Å². The van der Waals surface area contributed by atoms with Crippen LogP contribution in [-0.4, -0.2) is 24.9 Å². The molecule has 0 saturated carbocycles. The van der Waals surface area contributed by atoms with Gasteiger partial charge in [-0.1, -0.05) is 226 Å². The molecule has 0 bridgehead atoms. The molecule has 2 aromatic heterocycles. The molecule has 0 unspecified atom stereocenters. The molecule has 69 heavy (non-hydrogen) atoms. The number of aromatic nitrogens is 5. The molecule has 0 aliphatic heterocycles. The van der Waals surface area contributed by atoms with Crippen molar-refractivity contribution in [2.75, 3.05) is 0 Å². The number of nitrogens with zero attached hydrogens (tertiary/aromatic N) is 5. The fourth-order valence-electron chi connectivity index (χ4n) is 9.78. The topological polar surface area (TPSA) is 64.5 Å². The van der Waals surface area contributed by atoms with Gasteiger partial charge >= 0.3 is 0 Å². The van der Waals surface area contributed by atoms with Crippen molar-refractivity contribution < 1.29 is 0 Å². The zero-order valence-corrected chi connectivity index (χ0v) is 38.3. The lowest BCUT2D eigenvalue weighted by atomic mass is 9.82. The minimum Gasteiger partial charge on any atom is -0.228 e. The van der Waals surface area contributed by atoms with Gasteiger partial charge in [-0.05, 0) is 79.9 Å². The van der Waals surface area contributed by atoms with Crippen LogP contribution in [0.25, 0.3) is 113 Å². The maximum Gasteiger partial charge on any atom is 0.164 e. The second-order valence-corrected chi connectivity index (χ2v) is 18.1. The Hall–Kier alpha value is -8.93. The minimum atomic E-state index is -0.166. The molecule has 9 aromatic carbocycles. The van der Waals surface area contributed by atoms with Crippen molar-refractivity contribution in [2.45, 2.75) is 19.3 Å². The molecule has 5 heteroatoms. The van der Waals surface area contributed by atoms with Crippen molar-refractivity contribution >= 4 is 0 Å². The zero-order valence-electron chi connectivity index (χ0n) is 38.3. The van der Waals surface area contributed by atoms with E-state index < -0.39 is 0 Å². The Bertz CT molecular complexity index is 3680. The molecular formula is C64H45N5. The number of hydrogen-bond donors (Lipinski definition) is 0. The van der Waals surface area contributed by atoms with Gasteiger partial charge in [0.2, 0.25) is 0 Å². The quantitative estimate of drug-likeness (QED) is 0.144. The summed E-state index contributed by atoms with van der Waals surface area (Å²) in [5.74, 6) is 2.54. The van der Waals surface area contributed by atoms with Crippen LogP contribution in [0, 0.1) is 0 Å². The molecule has 5 nitrogen and oxygen atoms in total. The van der Waals surface area contributed by atoms with Gasteiger partial charge in [0, 0.05) is 38.8 Å². The molecule has 0 amide bonds. The molecule has 11 aromatic rings. The molecule has 0 spiro atoms.